The molecule has 0 unspecified atom stereocenters. The van der Waals surface area contributed by atoms with E-state index in [-0.39, 0.29) is 10.8 Å². The van der Waals surface area contributed by atoms with Gasteiger partial charge in [0, 0.05) is 0 Å². The molecule has 7 heteroatoms. The van der Waals surface area contributed by atoms with Crippen LogP contribution in [-0.4, -0.2) is 20.9 Å². The fourth-order valence-corrected chi connectivity index (χ4v) is 2.65. The molecule has 1 amide bonds. The summed E-state index contributed by atoms with van der Waals surface area (Å²) in [7, 11) is -3.69. The van der Waals surface area contributed by atoms with Crippen LogP contribution < -0.4 is 10.5 Å². The Hall–Kier alpha value is -0.920. The molecule has 0 saturated carbocycles. The summed E-state index contributed by atoms with van der Waals surface area (Å²) in [6.45, 7) is -0.343. The highest BCUT2D eigenvalue weighted by Crippen LogP contribution is 2.14. The molecule has 0 bridgehead atoms. The number of hydrogen-bond acceptors (Lipinski definition) is 5. The maximum atomic E-state index is 11.3. The van der Waals surface area contributed by atoms with Crippen molar-refractivity contribution in [2.75, 3.05) is 6.54 Å². The van der Waals surface area contributed by atoms with E-state index in [9.17, 15) is 13.2 Å². The summed E-state index contributed by atoms with van der Waals surface area (Å²) in [6, 6.07) is 3.00. The SMILES string of the molecule is NCC(=O)NS(=O)(=O)c1cccs1. The molecule has 72 valence electrons. The lowest BCUT2D eigenvalue weighted by molar-refractivity contribution is -0.118. The molecule has 0 aliphatic heterocycles. The molecular weight excluding hydrogens is 212 g/mol. The van der Waals surface area contributed by atoms with Crippen LogP contribution in [0.2, 0.25) is 0 Å². The summed E-state index contributed by atoms with van der Waals surface area (Å²) in [5.41, 5.74) is 4.96. The van der Waals surface area contributed by atoms with Gasteiger partial charge >= 0.3 is 0 Å². The summed E-state index contributed by atoms with van der Waals surface area (Å²) in [6.07, 6.45) is 0. The van der Waals surface area contributed by atoms with Gasteiger partial charge < -0.3 is 5.73 Å². The highest BCUT2D eigenvalue weighted by atomic mass is 32.2. The van der Waals surface area contributed by atoms with Crippen LogP contribution in [0.3, 0.4) is 0 Å². The average molecular weight is 220 g/mol. The van der Waals surface area contributed by atoms with Crippen molar-refractivity contribution in [3.05, 3.63) is 17.5 Å². The first-order valence-corrected chi connectivity index (χ1v) is 5.72. The van der Waals surface area contributed by atoms with Crippen LogP contribution >= 0.6 is 11.3 Å². The number of hydrogen-bond donors (Lipinski definition) is 2. The van der Waals surface area contributed by atoms with Crippen molar-refractivity contribution >= 4 is 27.3 Å². The van der Waals surface area contributed by atoms with E-state index in [4.69, 9.17) is 5.73 Å². The number of amides is 1. The Morgan fingerprint density at radius 3 is 2.77 bits per heavy atom. The average Bonchev–Trinajstić information content (AvgIpc) is 2.55. The number of carbonyl (C=O) groups excluding carboxylic acids is 1. The predicted molar refractivity (Wildman–Crippen MR) is 48.7 cm³/mol. The molecule has 5 nitrogen and oxygen atoms in total. The third-order valence-electron chi connectivity index (χ3n) is 1.19. The summed E-state index contributed by atoms with van der Waals surface area (Å²) in [5.74, 6) is -0.714. The van der Waals surface area contributed by atoms with Crippen LogP contribution in [0.1, 0.15) is 0 Å². The first-order chi connectivity index (χ1) is 6.06. The summed E-state index contributed by atoms with van der Waals surface area (Å²) < 4.78 is 24.5. The van der Waals surface area contributed by atoms with E-state index in [2.05, 4.69) is 0 Å². The standard InChI is InChI=1S/C6H8N2O3S2/c7-4-5(9)8-13(10,11)6-2-1-3-12-6/h1-3H,4,7H2,(H,8,9). The summed E-state index contributed by atoms with van der Waals surface area (Å²) in [4.78, 5) is 10.7. The first-order valence-electron chi connectivity index (χ1n) is 3.35. The molecular formula is C6H8N2O3S2. The van der Waals surface area contributed by atoms with Crippen molar-refractivity contribution < 1.29 is 13.2 Å². The Labute approximate surface area is 79.6 Å². The molecule has 1 aromatic rings. The Balaban J connectivity index is 2.86. The second-order valence-corrected chi connectivity index (χ2v) is 5.02. The molecule has 0 aliphatic rings. The molecule has 0 atom stereocenters. The van der Waals surface area contributed by atoms with Crippen molar-refractivity contribution in [2.45, 2.75) is 4.21 Å². The van der Waals surface area contributed by atoms with E-state index in [1.807, 2.05) is 4.72 Å². The number of carbonyl (C=O) groups is 1. The molecule has 1 aromatic heterocycles. The van der Waals surface area contributed by atoms with E-state index >= 15 is 0 Å². The molecule has 1 rings (SSSR count). The van der Waals surface area contributed by atoms with Gasteiger partial charge in [-0.1, -0.05) is 6.07 Å². The number of nitrogens with one attached hydrogen (secondary N) is 1. The molecule has 13 heavy (non-hydrogen) atoms. The quantitative estimate of drug-likeness (QED) is 0.719. The van der Waals surface area contributed by atoms with Crippen LogP contribution in [0, 0.1) is 0 Å². The zero-order valence-electron chi connectivity index (χ0n) is 6.56. The van der Waals surface area contributed by atoms with Crippen LogP contribution in [0.5, 0.6) is 0 Å². The minimum Gasteiger partial charge on any atom is -0.322 e. The molecule has 0 fully saturated rings. The fraction of sp³-hybridized carbons (Fsp3) is 0.167. The van der Waals surface area contributed by atoms with Gasteiger partial charge in [-0.05, 0) is 11.4 Å². The molecule has 0 radical (unpaired) electrons. The Bertz CT molecular complexity index is 382. The highest BCUT2D eigenvalue weighted by molar-refractivity contribution is 7.92. The minimum atomic E-state index is -3.69. The fourth-order valence-electron chi connectivity index (χ4n) is 0.658. The second-order valence-electron chi connectivity index (χ2n) is 2.16. The van der Waals surface area contributed by atoms with Crippen molar-refractivity contribution in [3.63, 3.8) is 0 Å². The van der Waals surface area contributed by atoms with E-state index < -0.39 is 15.9 Å². The lowest BCUT2D eigenvalue weighted by atomic mass is 10.7. The van der Waals surface area contributed by atoms with Gasteiger partial charge in [0.1, 0.15) is 4.21 Å². The van der Waals surface area contributed by atoms with Gasteiger partial charge in [0.15, 0.2) is 0 Å². The van der Waals surface area contributed by atoms with Gasteiger partial charge in [-0.3, -0.25) is 4.79 Å². The zero-order valence-corrected chi connectivity index (χ0v) is 8.19. The molecule has 3 N–H and O–H groups in total. The van der Waals surface area contributed by atoms with Gasteiger partial charge in [0.05, 0.1) is 6.54 Å². The third kappa shape index (κ3) is 2.51. The second kappa shape index (κ2) is 3.86. The van der Waals surface area contributed by atoms with Crippen LogP contribution in [0.25, 0.3) is 0 Å². The summed E-state index contributed by atoms with van der Waals surface area (Å²) >= 11 is 1.04. The lowest BCUT2D eigenvalue weighted by Gasteiger charge is -2.01. The van der Waals surface area contributed by atoms with Crippen molar-refractivity contribution in [2.24, 2.45) is 5.73 Å². The molecule has 0 spiro atoms. The van der Waals surface area contributed by atoms with Gasteiger partial charge in [-0.15, -0.1) is 11.3 Å². The van der Waals surface area contributed by atoms with Gasteiger partial charge in [-0.25, -0.2) is 13.1 Å². The molecule has 1 heterocycles. The number of rotatable bonds is 3. The van der Waals surface area contributed by atoms with Gasteiger partial charge in [0.2, 0.25) is 5.91 Å². The number of nitrogens with two attached hydrogens (primary N) is 1. The molecule has 0 aromatic carbocycles. The Kier molecular flexibility index (Phi) is 3.02. The predicted octanol–water partition coefficient (Wildman–Crippen LogP) is -0.488. The summed E-state index contributed by atoms with van der Waals surface area (Å²) in [5, 5.41) is 1.61. The van der Waals surface area contributed by atoms with E-state index in [1.165, 1.54) is 6.07 Å². The maximum absolute atomic E-state index is 11.3. The number of thiophene rings is 1. The highest BCUT2D eigenvalue weighted by Gasteiger charge is 2.16. The Morgan fingerprint density at radius 1 is 1.62 bits per heavy atom. The maximum Gasteiger partial charge on any atom is 0.273 e. The van der Waals surface area contributed by atoms with Gasteiger partial charge in [0.25, 0.3) is 10.0 Å². The van der Waals surface area contributed by atoms with Crippen molar-refractivity contribution in [1.82, 2.24) is 4.72 Å². The van der Waals surface area contributed by atoms with Crippen molar-refractivity contribution in [1.29, 1.82) is 0 Å². The van der Waals surface area contributed by atoms with Crippen molar-refractivity contribution in [3.8, 4) is 0 Å². The monoisotopic (exact) mass is 220 g/mol. The topological polar surface area (TPSA) is 89.3 Å². The number of sulfonamides is 1. The third-order valence-corrected chi connectivity index (χ3v) is 3.96. The Morgan fingerprint density at radius 2 is 2.31 bits per heavy atom. The molecule has 0 saturated heterocycles. The normalized spacial score (nSPS) is 11.2. The van der Waals surface area contributed by atoms with Crippen LogP contribution in [-0.2, 0) is 14.8 Å². The smallest absolute Gasteiger partial charge is 0.273 e. The first kappa shape index (κ1) is 10.2. The largest absolute Gasteiger partial charge is 0.322 e. The van der Waals surface area contributed by atoms with Crippen LogP contribution in [0.4, 0.5) is 0 Å². The van der Waals surface area contributed by atoms with E-state index in [1.54, 1.807) is 11.4 Å². The van der Waals surface area contributed by atoms with E-state index in [0.717, 1.165) is 11.3 Å². The minimum absolute atomic E-state index is 0.106. The van der Waals surface area contributed by atoms with Crippen LogP contribution in [0.15, 0.2) is 21.7 Å². The lowest BCUT2D eigenvalue weighted by Crippen LogP contribution is -2.34. The molecule has 0 aliphatic carbocycles. The zero-order chi connectivity index (χ0) is 9.90. The van der Waals surface area contributed by atoms with Gasteiger partial charge in [-0.2, -0.15) is 0 Å². The van der Waals surface area contributed by atoms with E-state index in [0.29, 0.717) is 0 Å².